The van der Waals surface area contributed by atoms with E-state index in [4.69, 9.17) is 10.7 Å². The molecule has 0 aliphatic heterocycles. The summed E-state index contributed by atoms with van der Waals surface area (Å²) in [6, 6.07) is 8.12. The molecule has 4 heteroatoms. The van der Waals surface area contributed by atoms with E-state index in [1.165, 1.54) is 12.8 Å². The van der Waals surface area contributed by atoms with Crippen LogP contribution in [-0.4, -0.2) is 16.6 Å². The molecule has 1 aliphatic rings. The Morgan fingerprint density at radius 3 is 2.88 bits per heavy atom. The maximum atomic E-state index is 5.16. The van der Waals surface area contributed by atoms with Crippen LogP contribution >= 0.6 is 0 Å². The van der Waals surface area contributed by atoms with E-state index in [1.807, 2.05) is 18.2 Å². The minimum atomic E-state index is 0.327. The van der Waals surface area contributed by atoms with Crippen LogP contribution in [-0.2, 0) is 11.3 Å². The van der Waals surface area contributed by atoms with Crippen molar-refractivity contribution in [1.82, 2.24) is 9.97 Å². The number of hydrogen-bond donors (Lipinski definition) is 2. The molecule has 4 nitrogen and oxygen atoms in total. The molecule has 0 bridgehead atoms. The van der Waals surface area contributed by atoms with Gasteiger partial charge in [-0.15, -0.1) is 0 Å². The van der Waals surface area contributed by atoms with Gasteiger partial charge in [-0.05, 0) is 36.8 Å². The minimum Gasteiger partial charge on any atom is -0.342 e. The molecule has 0 atom stereocenters. The second-order valence-corrected chi connectivity index (χ2v) is 5.01. The zero-order chi connectivity index (χ0) is 11.7. The minimum absolute atomic E-state index is 0.327. The van der Waals surface area contributed by atoms with Gasteiger partial charge in [0.25, 0.3) is 0 Å². The number of para-hydroxylation sites is 2. The zero-order valence-electron chi connectivity index (χ0n) is 9.78. The van der Waals surface area contributed by atoms with Crippen LogP contribution in [0.1, 0.15) is 25.1 Å². The van der Waals surface area contributed by atoms with Gasteiger partial charge in [0.05, 0.1) is 17.6 Å². The van der Waals surface area contributed by atoms with E-state index in [2.05, 4.69) is 16.0 Å². The molecule has 0 saturated heterocycles. The van der Waals surface area contributed by atoms with Gasteiger partial charge in [-0.1, -0.05) is 12.1 Å². The van der Waals surface area contributed by atoms with E-state index < -0.39 is 0 Å². The molecule has 90 valence electrons. The lowest BCUT2D eigenvalue weighted by Crippen LogP contribution is -2.15. The lowest BCUT2D eigenvalue weighted by molar-refractivity contribution is 0.0880. The van der Waals surface area contributed by atoms with Gasteiger partial charge >= 0.3 is 0 Å². The number of H-pyrrole nitrogens is 1. The van der Waals surface area contributed by atoms with Crippen molar-refractivity contribution in [3.63, 3.8) is 0 Å². The molecule has 17 heavy (non-hydrogen) atoms. The highest BCUT2D eigenvalue weighted by Crippen LogP contribution is 2.49. The quantitative estimate of drug-likeness (QED) is 0.775. The first-order valence-corrected chi connectivity index (χ1v) is 6.07. The fourth-order valence-electron chi connectivity index (χ4n) is 2.33. The number of aryl methyl sites for hydroxylation is 1. The number of fused-ring (bicyclic) bond motifs is 1. The molecule has 3 rings (SSSR count). The highest BCUT2D eigenvalue weighted by atomic mass is 16.6. The van der Waals surface area contributed by atoms with E-state index in [-0.39, 0.29) is 0 Å². The van der Waals surface area contributed by atoms with E-state index in [0.29, 0.717) is 12.0 Å². The molecule has 3 N–H and O–H groups in total. The number of nitrogens with two attached hydrogens (primary N) is 1. The summed E-state index contributed by atoms with van der Waals surface area (Å²) >= 11 is 0. The molecule has 2 aromatic rings. The number of hydrogen-bond acceptors (Lipinski definition) is 3. The molecule has 1 aromatic carbocycles. The summed E-state index contributed by atoms with van der Waals surface area (Å²) in [6.45, 7) is 0.674. The van der Waals surface area contributed by atoms with Crippen LogP contribution in [0.25, 0.3) is 11.0 Å². The van der Waals surface area contributed by atoms with Gasteiger partial charge in [0, 0.05) is 6.42 Å². The Hall–Kier alpha value is -1.39. The standard InChI is InChI=1S/C13H17N3O/c14-17-9-13(7-8-13)6-5-12-15-10-3-1-2-4-11(10)16-12/h1-4H,5-9,14H2,(H,15,16). The maximum Gasteiger partial charge on any atom is 0.107 e. The van der Waals surface area contributed by atoms with Gasteiger partial charge in [0.2, 0.25) is 0 Å². The van der Waals surface area contributed by atoms with Crippen LogP contribution in [0.5, 0.6) is 0 Å². The summed E-state index contributed by atoms with van der Waals surface area (Å²) in [7, 11) is 0. The lowest BCUT2D eigenvalue weighted by atomic mass is 10.0. The van der Waals surface area contributed by atoms with Gasteiger partial charge in [-0.2, -0.15) is 0 Å². The van der Waals surface area contributed by atoms with E-state index in [0.717, 1.165) is 29.7 Å². The van der Waals surface area contributed by atoms with Crippen molar-refractivity contribution < 1.29 is 4.84 Å². The van der Waals surface area contributed by atoms with Gasteiger partial charge in [-0.25, -0.2) is 10.9 Å². The summed E-state index contributed by atoms with van der Waals surface area (Å²) in [6.07, 6.45) is 4.52. The second-order valence-electron chi connectivity index (χ2n) is 5.01. The molecule has 1 aromatic heterocycles. The van der Waals surface area contributed by atoms with Crippen LogP contribution in [0.4, 0.5) is 0 Å². The topological polar surface area (TPSA) is 63.9 Å². The fraction of sp³-hybridized carbons (Fsp3) is 0.462. The Balaban J connectivity index is 1.69. The van der Waals surface area contributed by atoms with Crippen molar-refractivity contribution in [3.05, 3.63) is 30.1 Å². The third kappa shape index (κ3) is 2.18. The summed E-state index contributed by atoms with van der Waals surface area (Å²) in [5.74, 6) is 6.23. The third-order valence-electron chi connectivity index (χ3n) is 3.68. The number of nitrogens with zero attached hydrogens (tertiary/aromatic N) is 1. The first-order chi connectivity index (χ1) is 8.31. The van der Waals surface area contributed by atoms with Crippen molar-refractivity contribution in [1.29, 1.82) is 0 Å². The number of benzene rings is 1. The number of rotatable bonds is 5. The summed E-state index contributed by atoms with van der Waals surface area (Å²) in [5.41, 5.74) is 2.48. The van der Waals surface area contributed by atoms with Gasteiger partial charge in [0.1, 0.15) is 5.82 Å². The van der Waals surface area contributed by atoms with Crippen LogP contribution < -0.4 is 5.90 Å². The summed E-state index contributed by atoms with van der Waals surface area (Å²) < 4.78 is 0. The Kier molecular flexibility index (Phi) is 2.61. The molecule has 1 fully saturated rings. The van der Waals surface area contributed by atoms with E-state index >= 15 is 0 Å². The van der Waals surface area contributed by atoms with Gasteiger partial charge in [0.15, 0.2) is 0 Å². The molecule has 0 spiro atoms. The molecule has 1 heterocycles. The van der Waals surface area contributed by atoms with Gasteiger partial charge < -0.3 is 9.82 Å². The van der Waals surface area contributed by atoms with Crippen molar-refractivity contribution >= 4 is 11.0 Å². The Labute approximate surface area is 100 Å². The first kappa shape index (κ1) is 10.7. The van der Waals surface area contributed by atoms with E-state index in [9.17, 15) is 0 Å². The molecule has 0 unspecified atom stereocenters. The Bertz CT molecular complexity index is 483. The average Bonchev–Trinajstić information content (AvgIpc) is 2.98. The highest BCUT2D eigenvalue weighted by molar-refractivity contribution is 5.74. The normalized spacial score (nSPS) is 17.5. The van der Waals surface area contributed by atoms with Crippen LogP contribution in [0.2, 0.25) is 0 Å². The largest absolute Gasteiger partial charge is 0.342 e. The van der Waals surface area contributed by atoms with Crippen LogP contribution in [0, 0.1) is 5.41 Å². The van der Waals surface area contributed by atoms with Gasteiger partial charge in [-0.3, -0.25) is 0 Å². The highest BCUT2D eigenvalue weighted by Gasteiger charge is 2.42. The SMILES string of the molecule is NOCC1(CCc2nc3ccccc3[nH]2)CC1. The smallest absolute Gasteiger partial charge is 0.107 e. The van der Waals surface area contributed by atoms with E-state index in [1.54, 1.807) is 0 Å². The summed E-state index contributed by atoms with van der Waals surface area (Å²) in [4.78, 5) is 12.7. The molecule has 0 amide bonds. The molecular formula is C13H17N3O. The molecular weight excluding hydrogens is 214 g/mol. The number of imidazole rings is 1. The van der Waals surface area contributed by atoms with Crippen LogP contribution in [0.3, 0.4) is 0 Å². The summed E-state index contributed by atoms with van der Waals surface area (Å²) in [5, 5.41) is 0. The average molecular weight is 231 g/mol. The van der Waals surface area contributed by atoms with Crippen molar-refractivity contribution in [2.24, 2.45) is 11.3 Å². The predicted octanol–water partition coefficient (Wildman–Crippen LogP) is 2.17. The van der Waals surface area contributed by atoms with Crippen molar-refractivity contribution in [2.45, 2.75) is 25.7 Å². The zero-order valence-corrected chi connectivity index (χ0v) is 9.78. The lowest BCUT2D eigenvalue weighted by Gasteiger charge is -2.11. The van der Waals surface area contributed by atoms with Crippen LogP contribution in [0.15, 0.2) is 24.3 Å². The van der Waals surface area contributed by atoms with Crippen molar-refractivity contribution in [2.75, 3.05) is 6.61 Å². The first-order valence-electron chi connectivity index (χ1n) is 6.07. The molecule has 1 saturated carbocycles. The third-order valence-corrected chi connectivity index (χ3v) is 3.68. The molecule has 1 aliphatic carbocycles. The Morgan fingerprint density at radius 1 is 1.35 bits per heavy atom. The fourth-order valence-corrected chi connectivity index (χ4v) is 2.33. The number of nitrogens with one attached hydrogen (secondary N) is 1. The van der Waals surface area contributed by atoms with Crippen molar-refractivity contribution in [3.8, 4) is 0 Å². The predicted molar refractivity (Wildman–Crippen MR) is 66.2 cm³/mol. The number of aromatic nitrogens is 2. The Morgan fingerprint density at radius 2 is 2.18 bits per heavy atom. The number of aromatic amines is 1. The molecule has 0 radical (unpaired) electrons. The monoisotopic (exact) mass is 231 g/mol. The maximum absolute atomic E-state index is 5.16. The second kappa shape index (κ2) is 4.13.